The van der Waals surface area contributed by atoms with Crippen molar-refractivity contribution in [2.75, 3.05) is 23.0 Å². The minimum Gasteiger partial charge on any atom is -0.465 e. The van der Waals surface area contributed by atoms with Crippen molar-refractivity contribution in [3.63, 3.8) is 0 Å². The zero-order chi connectivity index (χ0) is 23.4. The van der Waals surface area contributed by atoms with Gasteiger partial charge in [0.1, 0.15) is 5.82 Å². The van der Waals surface area contributed by atoms with Crippen LogP contribution in [0.4, 0.5) is 36.7 Å². The van der Waals surface area contributed by atoms with Gasteiger partial charge in [0.05, 0.1) is 23.5 Å². The Morgan fingerprint density at radius 3 is 2.41 bits per heavy atom. The molecule has 2 heterocycles. The van der Waals surface area contributed by atoms with Gasteiger partial charge in [-0.2, -0.15) is 0 Å². The Kier molecular flexibility index (Phi) is 6.91. The Morgan fingerprint density at radius 1 is 1.19 bits per heavy atom. The molecule has 12 heteroatoms. The van der Waals surface area contributed by atoms with Gasteiger partial charge in [-0.05, 0) is 31.7 Å². The van der Waals surface area contributed by atoms with Gasteiger partial charge in [0.25, 0.3) is 5.91 Å². The lowest BCUT2D eigenvalue weighted by Gasteiger charge is -2.38. The van der Waals surface area contributed by atoms with Crippen molar-refractivity contribution in [3.8, 4) is 0 Å². The highest BCUT2D eigenvalue weighted by molar-refractivity contribution is 5.98. The molecule has 2 atom stereocenters. The van der Waals surface area contributed by atoms with Gasteiger partial charge in [0.2, 0.25) is 0 Å². The fourth-order valence-electron chi connectivity index (χ4n) is 3.59. The molecular weight excluding hydrogens is 424 g/mol. The number of nitrogens with zero attached hydrogens (tertiary/aromatic N) is 2. The van der Waals surface area contributed by atoms with Gasteiger partial charge in [0.15, 0.2) is 23.3 Å². The van der Waals surface area contributed by atoms with Crippen LogP contribution in [0.25, 0.3) is 0 Å². The molecular formula is C20H25F2N7O3. The van der Waals surface area contributed by atoms with E-state index in [0.29, 0.717) is 0 Å². The molecule has 3 rings (SSSR count). The average molecular weight is 449 g/mol. The monoisotopic (exact) mass is 449 g/mol. The highest BCUT2D eigenvalue weighted by atomic mass is 19.1. The highest BCUT2D eigenvalue weighted by Crippen LogP contribution is 2.34. The summed E-state index contributed by atoms with van der Waals surface area (Å²) in [6, 6.07) is 1.11. The first-order chi connectivity index (χ1) is 15.2. The van der Waals surface area contributed by atoms with Crippen molar-refractivity contribution < 1.29 is 23.5 Å². The molecule has 1 aliphatic rings. The maximum atomic E-state index is 14.8. The molecule has 2 aromatic rings. The molecule has 2 amide bonds. The van der Waals surface area contributed by atoms with Crippen LogP contribution in [-0.4, -0.2) is 46.2 Å². The van der Waals surface area contributed by atoms with Crippen LogP contribution >= 0.6 is 0 Å². The summed E-state index contributed by atoms with van der Waals surface area (Å²) in [7, 11) is 1.52. The number of halogens is 2. The standard InChI is InChI=1S/C20H25F2N7O3/c1-9(26-20(31)32)15(10-4-3-5-10)28-19-14(22)7-12(16(23)30)17(29-19)27-11-6-13(21)18(24-2)25-8-11/h6-10,15,26H,3-5H2,1-2H3,(H2,23,30)(H,24,25)(H,31,32)(H2,27,28,29)/t9-,15-/m0/s1. The van der Waals surface area contributed by atoms with Crippen LogP contribution in [0.15, 0.2) is 18.3 Å². The van der Waals surface area contributed by atoms with E-state index in [1.54, 1.807) is 6.92 Å². The first-order valence-corrected chi connectivity index (χ1v) is 10.1. The Balaban J connectivity index is 1.93. The van der Waals surface area contributed by atoms with Crippen LogP contribution in [0.3, 0.4) is 0 Å². The van der Waals surface area contributed by atoms with E-state index >= 15 is 0 Å². The zero-order valence-corrected chi connectivity index (χ0v) is 17.6. The highest BCUT2D eigenvalue weighted by Gasteiger charge is 2.33. The summed E-state index contributed by atoms with van der Waals surface area (Å²) in [5.41, 5.74) is 5.30. The number of aromatic nitrogens is 2. The number of anilines is 4. The second-order valence-electron chi connectivity index (χ2n) is 7.61. The van der Waals surface area contributed by atoms with E-state index in [9.17, 15) is 18.4 Å². The van der Waals surface area contributed by atoms with Crippen molar-refractivity contribution in [2.45, 2.75) is 38.3 Å². The molecule has 0 aliphatic heterocycles. The average Bonchev–Trinajstić information content (AvgIpc) is 2.67. The predicted octanol–water partition coefficient (Wildman–Crippen LogP) is 2.88. The number of amides is 2. The van der Waals surface area contributed by atoms with Crippen LogP contribution in [-0.2, 0) is 0 Å². The van der Waals surface area contributed by atoms with Crippen LogP contribution in [0.1, 0.15) is 36.5 Å². The van der Waals surface area contributed by atoms with E-state index in [1.807, 2.05) is 0 Å². The minimum atomic E-state index is -1.19. The van der Waals surface area contributed by atoms with E-state index in [0.717, 1.165) is 31.4 Å². The summed E-state index contributed by atoms with van der Waals surface area (Å²) < 4.78 is 28.8. The molecule has 0 radical (unpaired) electrons. The van der Waals surface area contributed by atoms with Gasteiger partial charge in [0, 0.05) is 19.2 Å². The van der Waals surface area contributed by atoms with Crippen molar-refractivity contribution in [1.29, 1.82) is 0 Å². The van der Waals surface area contributed by atoms with Crippen LogP contribution < -0.4 is 27.0 Å². The van der Waals surface area contributed by atoms with E-state index in [2.05, 4.69) is 31.2 Å². The third kappa shape index (κ3) is 5.13. The summed E-state index contributed by atoms with van der Waals surface area (Å²) in [5, 5.41) is 19.8. The summed E-state index contributed by atoms with van der Waals surface area (Å²) in [4.78, 5) is 31.0. The topological polar surface area (TPSA) is 154 Å². The van der Waals surface area contributed by atoms with Crippen molar-refractivity contribution in [1.82, 2.24) is 15.3 Å². The molecule has 172 valence electrons. The van der Waals surface area contributed by atoms with Crippen molar-refractivity contribution in [3.05, 3.63) is 35.5 Å². The number of pyridine rings is 2. The lowest BCUT2D eigenvalue weighted by molar-refractivity contribution is 0.1000. The SMILES string of the molecule is CNc1ncc(Nc2nc(N[C@H](C3CCC3)[C@H](C)NC(=O)O)c(F)cc2C(N)=O)cc1F. The van der Waals surface area contributed by atoms with Crippen molar-refractivity contribution >= 4 is 35.1 Å². The maximum absolute atomic E-state index is 14.8. The number of rotatable bonds is 9. The normalized spacial score (nSPS) is 15.2. The fourth-order valence-corrected chi connectivity index (χ4v) is 3.59. The number of nitrogens with two attached hydrogens (primary N) is 1. The molecule has 2 aromatic heterocycles. The smallest absolute Gasteiger partial charge is 0.404 e. The van der Waals surface area contributed by atoms with E-state index in [1.165, 1.54) is 13.2 Å². The Bertz CT molecular complexity index is 1020. The Hall–Kier alpha value is -3.70. The third-order valence-corrected chi connectivity index (χ3v) is 5.43. The number of carbonyl (C=O) groups excluding carboxylic acids is 1. The number of hydrogen-bond acceptors (Lipinski definition) is 7. The van der Waals surface area contributed by atoms with Gasteiger partial charge in [-0.1, -0.05) is 6.42 Å². The van der Waals surface area contributed by atoms with Crippen LogP contribution in [0.5, 0.6) is 0 Å². The first-order valence-electron chi connectivity index (χ1n) is 10.1. The Labute approximate surface area is 183 Å². The summed E-state index contributed by atoms with van der Waals surface area (Å²) >= 11 is 0. The third-order valence-electron chi connectivity index (χ3n) is 5.43. The maximum Gasteiger partial charge on any atom is 0.404 e. The molecule has 0 aromatic carbocycles. The lowest BCUT2D eigenvalue weighted by Crippen LogP contribution is -2.50. The number of carboxylic acid groups (broad SMARTS) is 1. The lowest BCUT2D eigenvalue weighted by atomic mass is 9.77. The zero-order valence-electron chi connectivity index (χ0n) is 17.6. The molecule has 0 saturated heterocycles. The van der Waals surface area contributed by atoms with E-state index in [-0.39, 0.29) is 34.6 Å². The molecule has 1 saturated carbocycles. The largest absolute Gasteiger partial charge is 0.465 e. The predicted molar refractivity (Wildman–Crippen MR) is 115 cm³/mol. The quantitative estimate of drug-likeness (QED) is 0.341. The summed E-state index contributed by atoms with van der Waals surface area (Å²) in [6.45, 7) is 1.68. The first kappa shape index (κ1) is 23.0. The van der Waals surface area contributed by atoms with E-state index < -0.39 is 35.7 Å². The van der Waals surface area contributed by atoms with Gasteiger partial charge in [-0.3, -0.25) is 4.79 Å². The second kappa shape index (κ2) is 9.62. The van der Waals surface area contributed by atoms with Crippen LogP contribution in [0.2, 0.25) is 0 Å². The van der Waals surface area contributed by atoms with Gasteiger partial charge in [-0.15, -0.1) is 0 Å². The van der Waals surface area contributed by atoms with E-state index in [4.69, 9.17) is 10.8 Å². The second-order valence-corrected chi connectivity index (χ2v) is 7.61. The molecule has 7 N–H and O–H groups in total. The van der Waals surface area contributed by atoms with Gasteiger partial charge < -0.3 is 32.1 Å². The number of primary amides is 1. The number of carbonyl (C=O) groups is 2. The summed E-state index contributed by atoms with van der Waals surface area (Å²) in [5.74, 6) is -2.52. The minimum absolute atomic E-state index is 0.0309. The van der Waals surface area contributed by atoms with Gasteiger partial charge >= 0.3 is 6.09 Å². The van der Waals surface area contributed by atoms with Crippen molar-refractivity contribution in [2.24, 2.45) is 11.7 Å². The molecule has 1 aliphatic carbocycles. The van der Waals surface area contributed by atoms with Gasteiger partial charge in [-0.25, -0.2) is 23.5 Å². The molecule has 0 unspecified atom stereocenters. The molecule has 0 bridgehead atoms. The van der Waals surface area contributed by atoms with Crippen LogP contribution in [0, 0.1) is 17.6 Å². The Morgan fingerprint density at radius 2 is 1.88 bits per heavy atom. The molecule has 0 spiro atoms. The fraction of sp³-hybridized carbons (Fsp3) is 0.400. The molecule has 10 nitrogen and oxygen atoms in total. The molecule has 32 heavy (non-hydrogen) atoms. The number of hydrogen-bond donors (Lipinski definition) is 6. The number of nitrogens with one attached hydrogen (secondary N) is 4. The molecule has 1 fully saturated rings. The summed E-state index contributed by atoms with van der Waals surface area (Å²) in [6.07, 6.45) is 2.83.